The van der Waals surface area contributed by atoms with E-state index < -0.39 is 0 Å². The first-order valence-electron chi connectivity index (χ1n) is 6.70. The maximum Gasteiger partial charge on any atom is 0.338 e. The van der Waals surface area contributed by atoms with Crippen LogP contribution in [0.2, 0.25) is 0 Å². The van der Waals surface area contributed by atoms with Crippen molar-refractivity contribution in [2.24, 2.45) is 0 Å². The molecule has 20 heavy (non-hydrogen) atoms. The molecule has 0 spiro atoms. The van der Waals surface area contributed by atoms with E-state index in [2.05, 4.69) is 10.3 Å². The molecule has 1 aromatic heterocycles. The molecule has 0 fully saturated rings. The smallest absolute Gasteiger partial charge is 0.338 e. The van der Waals surface area contributed by atoms with Crippen molar-refractivity contribution < 1.29 is 9.53 Å². The Bertz CT molecular complexity index is 538. The Balaban J connectivity index is 1.90. The molecular weight excluding hydrogens is 252 g/mol. The van der Waals surface area contributed by atoms with Crippen molar-refractivity contribution in [3.8, 4) is 0 Å². The Morgan fingerprint density at radius 3 is 2.65 bits per heavy atom. The van der Waals surface area contributed by atoms with E-state index in [-0.39, 0.29) is 5.97 Å². The zero-order chi connectivity index (χ0) is 14.2. The van der Waals surface area contributed by atoms with Gasteiger partial charge in [0.2, 0.25) is 0 Å². The molecule has 0 saturated carbocycles. The van der Waals surface area contributed by atoms with Crippen molar-refractivity contribution in [3.05, 3.63) is 59.9 Å². The van der Waals surface area contributed by atoms with E-state index in [0.717, 1.165) is 17.8 Å². The zero-order valence-corrected chi connectivity index (χ0v) is 11.5. The van der Waals surface area contributed by atoms with Crippen LogP contribution in [0, 0.1) is 0 Å². The van der Waals surface area contributed by atoms with Crippen molar-refractivity contribution in [1.29, 1.82) is 0 Å². The Labute approximate surface area is 118 Å². The van der Waals surface area contributed by atoms with Gasteiger partial charge in [-0.15, -0.1) is 0 Å². The molecule has 0 radical (unpaired) electrons. The van der Waals surface area contributed by atoms with Gasteiger partial charge in [-0.05, 0) is 42.8 Å². The van der Waals surface area contributed by atoms with E-state index in [4.69, 9.17) is 4.74 Å². The van der Waals surface area contributed by atoms with Crippen molar-refractivity contribution in [1.82, 2.24) is 4.98 Å². The fourth-order valence-corrected chi connectivity index (χ4v) is 1.70. The lowest BCUT2D eigenvalue weighted by molar-refractivity contribution is 0.0505. The van der Waals surface area contributed by atoms with Gasteiger partial charge in [-0.3, -0.25) is 4.98 Å². The number of benzene rings is 1. The number of pyridine rings is 1. The highest BCUT2D eigenvalue weighted by Gasteiger charge is 2.05. The maximum atomic E-state index is 11.6. The summed E-state index contributed by atoms with van der Waals surface area (Å²) < 4.78 is 5.08. The molecule has 0 aliphatic heterocycles. The van der Waals surface area contributed by atoms with Gasteiger partial charge in [0, 0.05) is 11.9 Å². The van der Waals surface area contributed by atoms with Crippen LogP contribution < -0.4 is 5.32 Å². The van der Waals surface area contributed by atoms with Crippen molar-refractivity contribution in [2.45, 2.75) is 19.9 Å². The molecule has 2 aromatic rings. The Kier molecular flexibility index (Phi) is 5.12. The number of esters is 1. The Hall–Kier alpha value is -2.36. The van der Waals surface area contributed by atoms with E-state index >= 15 is 0 Å². The number of hydrogen-bond acceptors (Lipinski definition) is 4. The predicted octanol–water partition coefficient (Wildman–Crippen LogP) is 3.26. The average molecular weight is 270 g/mol. The first kappa shape index (κ1) is 14.1. The molecule has 0 bridgehead atoms. The zero-order valence-electron chi connectivity index (χ0n) is 11.5. The quantitative estimate of drug-likeness (QED) is 0.819. The first-order valence-corrected chi connectivity index (χ1v) is 6.70. The number of aromatic nitrogens is 1. The third-order valence-electron chi connectivity index (χ3n) is 2.76. The van der Waals surface area contributed by atoms with Gasteiger partial charge in [0.15, 0.2) is 0 Å². The number of nitrogens with zero attached hydrogens (tertiary/aromatic N) is 1. The molecule has 1 heterocycles. The van der Waals surface area contributed by atoms with Crippen LogP contribution in [0.15, 0.2) is 48.7 Å². The number of carbonyl (C=O) groups is 1. The lowest BCUT2D eigenvalue weighted by Crippen LogP contribution is -2.06. The largest absolute Gasteiger partial charge is 0.462 e. The summed E-state index contributed by atoms with van der Waals surface area (Å²) in [7, 11) is 0. The van der Waals surface area contributed by atoms with E-state index in [0.29, 0.717) is 18.7 Å². The second kappa shape index (κ2) is 7.28. The second-order valence-electron chi connectivity index (χ2n) is 4.39. The van der Waals surface area contributed by atoms with Gasteiger partial charge >= 0.3 is 5.97 Å². The SMILES string of the molecule is CCCOC(=O)c1ccc(NCc2ccccn2)cc1. The molecule has 1 N–H and O–H groups in total. The van der Waals surface area contributed by atoms with Gasteiger partial charge in [0.05, 0.1) is 24.4 Å². The Morgan fingerprint density at radius 2 is 2.00 bits per heavy atom. The lowest BCUT2D eigenvalue weighted by Gasteiger charge is -2.07. The molecule has 0 saturated heterocycles. The van der Waals surface area contributed by atoms with Gasteiger partial charge < -0.3 is 10.1 Å². The molecular formula is C16H18N2O2. The molecule has 0 aliphatic rings. The normalized spacial score (nSPS) is 10.1. The van der Waals surface area contributed by atoms with Gasteiger partial charge in [-0.1, -0.05) is 13.0 Å². The third-order valence-corrected chi connectivity index (χ3v) is 2.76. The van der Waals surface area contributed by atoms with Crippen molar-refractivity contribution >= 4 is 11.7 Å². The summed E-state index contributed by atoms with van der Waals surface area (Å²) in [6.07, 6.45) is 2.60. The number of ether oxygens (including phenoxy) is 1. The third kappa shape index (κ3) is 4.09. The van der Waals surface area contributed by atoms with Crippen molar-refractivity contribution in [2.75, 3.05) is 11.9 Å². The minimum Gasteiger partial charge on any atom is -0.462 e. The number of anilines is 1. The maximum absolute atomic E-state index is 11.6. The van der Waals surface area contributed by atoms with E-state index in [1.807, 2.05) is 37.3 Å². The highest BCUT2D eigenvalue weighted by atomic mass is 16.5. The molecule has 0 unspecified atom stereocenters. The van der Waals surface area contributed by atoms with E-state index in [9.17, 15) is 4.79 Å². The lowest BCUT2D eigenvalue weighted by atomic mass is 10.2. The van der Waals surface area contributed by atoms with Gasteiger partial charge in [0.25, 0.3) is 0 Å². The van der Waals surface area contributed by atoms with Crippen molar-refractivity contribution in [3.63, 3.8) is 0 Å². The minimum atomic E-state index is -0.275. The molecule has 1 aromatic carbocycles. The number of rotatable bonds is 6. The molecule has 0 aliphatic carbocycles. The molecule has 4 heteroatoms. The average Bonchev–Trinajstić information content (AvgIpc) is 2.52. The summed E-state index contributed by atoms with van der Waals surface area (Å²) in [5.41, 5.74) is 2.49. The summed E-state index contributed by atoms with van der Waals surface area (Å²) in [5, 5.41) is 3.26. The summed E-state index contributed by atoms with van der Waals surface area (Å²) in [6, 6.07) is 13.1. The second-order valence-corrected chi connectivity index (χ2v) is 4.39. The highest BCUT2D eigenvalue weighted by Crippen LogP contribution is 2.11. The number of nitrogens with one attached hydrogen (secondary N) is 1. The summed E-state index contributed by atoms with van der Waals surface area (Å²) in [5.74, 6) is -0.275. The molecule has 4 nitrogen and oxygen atoms in total. The molecule has 0 amide bonds. The van der Waals surface area contributed by atoms with Crippen LogP contribution in [0.4, 0.5) is 5.69 Å². The molecule has 104 valence electrons. The molecule has 2 rings (SSSR count). The predicted molar refractivity (Wildman–Crippen MR) is 78.6 cm³/mol. The first-order chi connectivity index (χ1) is 9.79. The fraction of sp³-hybridized carbons (Fsp3) is 0.250. The number of carbonyl (C=O) groups excluding carboxylic acids is 1. The van der Waals surface area contributed by atoms with Gasteiger partial charge in [-0.2, -0.15) is 0 Å². The fourth-order valence-electron chi connectivity index (χ4n) is 1.70. The van der Waals surface area contributed by atoms with Crippen LogP contribution in [-0.4, -0.2) is 17.6 Å². The van der Waals surface area contributed by atoms with Crippen LogP contribution in [0.3, 0.4) is 0 Å². The van der Waals surface area contributed by atoms with Crippen LogP contribution in [0.5, 0.6) is 0 Å². The number of hydrogen-bond donors (Lipinski definition) is 1. The summed E-state index contributed by atoms with van der Waals surface area (Å²) >= 11 is 0. The monoisotopic (exact) mass is 270 g/mol. The van der Waals surface area contributed by atoms with Gasteiger partial charge in [-0.25, -0.2) is 4.79 Å². The van der Waals surface area contributed by atoms with E-state index in [1.165, 1.54) is 0 Å². The van der Waals surface area contributed by atoms with Gasteiger partial charge in [0.1, 0.15) is 0 Å². The topological polar surface area (TPSA) is 51.2 Å². The summed E-state index contributed by atoms with van der Waals surface area (Å²) in [4.78, 5) is 15.9. The van der Waals surface area contributed by atoms with Crippen LogP contribution in [0.25, 0.3) is 0 Å². The standard InChI is InChI=1S/C16H18N2O2/c1-2-11-20-16(19)13-6-8-14(9-7-13)18-12-15-5-3-4-10-17-15/h3-10,18H,2,11-12H2,1H3. The van der Waals surface area contributed by atoms with Crippen LogP contribution >= 0.6 is 0 Å². The molecule has 0 atom stereocenters. The van der Waals surface area contributed by atoms with E-state index in [1.54, 1.807) is 18.3 Å². The minimum absolute atomic E-state index is 0.275. The van der Waals surface area contributed by atoms with Crippen LogP contribution in [-0.2, 0) is 11.3 Å². The highest BCUT2D eigenvalue weighted by molar-refractivity contribution is 5.89. The van der Waals surface area contributed by atoms with Crippen LogP contribution in [0.1, 0.15) is 29.4 Å². The summed E-state index contributed by atoms with van der Waals surface area (Å²) in [6.45, 7) is 3.08. The Morgan fingerprint density at radius 1 is 1.20 bits per heavy atom.